The molecule has 1 aliphatic carbocycles. The molecule has 2 aliphatic rings. The molecule has 0 spiro atoms. The summed E-state index contributed by atoms with van der Waals surface area (Å²) in [4.78, 5) is 2.51. The minimum Gasteiger partial charge on any atom is -0.494 e. The fraction of sp³-hybridized carbons (Fsp3) is 0.692. The number of nitrogens with zero attached hydrogens (tertiary/aromatic N) is 1. The Morgan fingerprint density at radius 2 is 2.27 bits per heavy atom. The summed E-state index contributed by atoms with van der Waals surface area (Å²) in [6.45, 7) is 7.48. The molecule has 0 unspecified atom stereocenters. The van der Waals surface area contributed by atoms with Gasteiger partial charge in [-0.05, 0) is 31.8 Å². The van der Waals surface area contributed by atoms with Gasteiger partial charge >= 0.3 is 0 Å². The number of hydrogen-bond acceptors (Lipinski definition) is 2. The zero-order chi connectivity index (χ0) is 10.7. The second kappa shape index (κ2) is 4.73. The Balaban J connectivity index is 2.28. The van der Waals surface area contributed by atoms with Crippen LogP contribution in [-0.4, -0.2) is 24.6 Å². The topological polar surface area (TPSA) is 12.5 Å². The predicted octanol–water partition coefficient (Wildman–Crippen LogP) is 3.07. The molecule has 0 aromatic heterocycles. The maximum Gasteiger partial charge on any atom is 0.120 e. The average molecular weight is 207 g/mol. The van der Waals surface area contributed by atoms with Gasteiger partial charge < -0.3 is 9.64 Å². The summed E-state index contributed by atoms with van der Waals surface area (Å²) >= 11 is 0. The average Bonchev–Trinajstić information content (AvgIpc) is 2.29. The smallest absolute Gasteiger partial charge is 0.120 e. The first-order chi connectivity index (χ1) is 7.36. The molecule has 0 bridgehead atoms. The molecule has 0 N–H and O–H groups in total. The van der Waals surface area contributed by atoms with Crippen molar-refractivity contribution in [1.29, 1.82) is 0 Å². The molecule has 15 heavy (non-hydrogen) atoms. The van der Waals surface area contributed by atoms with E-state index in [2.05, 4.69) is 24.8 Å². The molecule has 0 saturated heterocycles. The Morgan fingerprint density at radius 3 is 3.00 bits per heavy atom. The van der Waals surface area contributed by atoms with E-state index < -0.39 is 0 Å². The van der Waals surface area contributed by atoms with Crippen LogP contribution in [-0.2, 0) is 4.74 Å². The van der Waals surface area contributed by atoms with E-state index in [1.54, 1.807) is 0 Å². The lowest BCUT2D eigenvalue weighted by Gasteiger charge is -2.37. The zero-order valence-corrected chi connectivity index (χ0v) is 9.88. The molecule has 0 fully saturated rings. The van der Waals surface area contributed by atoms with Crippen LogP contribution < -0.4 is 0 Å². The second-order valence-electron chi connectivity index (χ2n) is 4.27. The fourth-order valence-electron chi connectivity index (χ4n) is 2.54. The van der Waals surface area contributed by atoms with Crippen LogP contribution >= 0.6 is 0 Å². The SMILES string of the molecule is C/C=C1\CCCC2=C1N(CCC)CCO2. The third kappa shape index (κ3) is 2.04. The number of rotatable bonds is 2. The third-order valence-corrected chi connectivity index (χ3v) is 3.21. The monoisotopic (exact) mass is 207 g/mol. The Kier molecular flexibility index (Phi) is 3.34. The van der Waals surface area contributed by atoms with Crippen LogP contribution in [0.1, 0.15) is 39.5 Å². The molecule has 0 atom stereocenters. The van der Waals surface area contributed by atoms with E-state index in [-0.39, 0.29) is 0 Å². The number of allylic oxidation sites excluding steroid dienone is 3. The lowest BCUT2D eigenvalue weighted by molar-refractivity contribution is 0.119. The Bertz CT molecular complexity index is 287. The van der Waals surface area contributed by atoms with Crippen LogP contribution in [0.4, 0.5) is 0 Å². The van der Waals surface area contributed by atoms with Crippen LogP contribution in [0.15, 0.2) is 23.1 Å². The quantitative estimate of drug-likeness (QED) is 0.690. The van der Waals surface area contributed by atoms with Gasteiger partial charge in [-0.15, -0.1) is 0 Å². The van der Waals surface area contributed by atoms with Crippen LogP contribution in [0.2, 0.25) is 0 Å². The molecule has 2 rings (SSSR count). The van der Waals surface area contributed by atoms with E-state index in [9.17, 15) is 0 Å². The molecule has 2 heteroatoms. The fourth-order valence-corrected chi connectivity index (χ4v) is 2.54. The van der Waals surface area contributed by atoms with E-state index in [4.69, 9.17) is 4.74 Å². The molecule has 0 aromatic carbocycles. The first-order valence-corrected chi connectivity index (χ1v) is 6.13. The maximum absolute atomic E-state index is 5.79. The van der Waals surface area contributed by atoms with Gasteiger partial charge in [-0.3, -0.25) is 0 Å². The van der Waals surface area contributed by atoms with Crippen LogP contribution in [0.3, 0.4) is 0 Å². The van der Waals surface area contributed by atoms with Crippen molar-refractivity contribution in [3.63, 3.8) is 0 Å². The first-order valence-electron chi connectivity index (χ1n) is 6.13. The van der Waals surface area contributed by atoms with Crippen molar-refractivity contribution in [2.75, 3.05) is 19.7 Å². The maximum atomic E-state index is 5.79. The molecule has 2 nitrogen and oxygen atoms in total. The van der Waals surface area contributed by atoms with E-state index in [0.29, 0.717) is 0 Å². The van der Waals surface area contributed by atoms with Crippen molar-refractivity contribution in [2.45, 2.75) is 39.5 Å². The lowest BCUT2D eigenvalue weighted by Crippen LogP contribution is -2.35. The summed E-state index contributed by atoms with van der Waals surface area (Å²) in [5.41, 5.74) is 2.90. The molecule has 0 aromatic rings. The van der Waals surface area contributed by atoms with E-state index in [0.717, 1.165) is 19.6 Å². The largest absolute Gasteiger partial charge is 0.494 e. The normalized spacial score (nSPS) is 24.1. The van der Waals surface area contributed by atoms with Crippen LogP contribution in [0, 0.1) is 0 Å². The van der Waals surface area contributed by atoms with E-state index in [1.165, 1.54) is 42.8 Å². The van der Waals surface area contributed by atoms with E-state index in [1.807, 2.05) is 0 Å². The summed E-state index contributed by atoms with van der Waals surface area (Å²) in [7, 11) is 0. The highest BCUT2D eigenvalue weighted by atomic mass is 16.5. The highest BCUT2D eigenvalue weighted by Gasteiger charge is 2.26. The summed E-state index contributed by atoms with van der Waals surface area (Å²) in [6, 6.07) is 0. The standard InChI is InChI=1S/C13H21NO/c1-3-8-14-9-10-15-12-7-5-6-11(4-2)13(12)14/h4H,3,5-10H2,1-2H3/b11-4+. The lowest BCUT2D eigenvalue weighted by atomic mass is 9.94. The first kappa shape index (κ1) is 10.6. The van der Waals surface area contributed by atoms with Crippen molar-refractivity contribution in [3.8, 4) is 0 Å². The van der Waals surface area contributed by atoms with Crippen LogP contribution in [0.5, 0.6) is 0 Å². The van der Waals surface area contributed by atoms with Gasteiger partial charge in [0.1, 0.15) is 12.4 Å². The van der Waals surface area contributed by atoms with Crippen molar-refractivity contribution < 1.29 is 4.74 Å². The van der Waals surface area contributed by atoms with Gasteiger partial charge in [0.2, 0.25) is 0 Å². The van der Waals surface area contributed by atoms with Gasteiger partial charge in [0.25, 0.3) is 0 Å². The predicted molar refractivity (Wildman–Crippen MR) is 62.5 cm³/mol. The Morgan fingerprint density at radius 1 is 1.40 bits per heavy atom. The molecule has 0 radical (unpaired) electrons. The molecular formula is C13H21NO. The van der Waals surface area contributed by atoms with Crippen molar-refractivity contribution >= 4 is 0 Å². The summed E-state index contributed by atoms with van der Waals surface area (Å²) < 4.78 is 5.79. The van der Waals surface area contributed by atoms with Gasteiger partial charge in [0.05, 0.1) is 12.2 Å². The summed E-state index contributed by atoms with van der Waals surface area (Å²) in [5, 5.41) is 0. The van der Waals surface area contributed by atoms with E-state index >= 15 is 0 Å². The van der Waals surface area contributed by atoms with Gasteiger partial charge in [-0.2, -0.15) is 0 Å². The van der Waals surface area contributed by atoms with Gasteiger partial charge in [-0.1, -0.05) is 13.0 Å². The Hall–Kier alpha value is -0.920. The molecular weight excluding hydrogens is 186 g/mol. The second-order valence-corrected chi connectivity index (χ2v) is 4.27. The highest BCUT2D eigenvalue weighted by Crippen LogP contribution is 2.34. The van der Waals surface area contributed by atoms with Crippen LogP contribution in [0.25, 0.3) is 0 Å². The molecule has 1 aliphatic heterocycles. The molecule has 0 saturated carbocycles. The van der Waals surface area contributed by atoms with Gasteiger partial charge in [-0.25, -0.2) is 0 Å². The molecule has 1 heterocycles. The highest BCUT2D eigenvalue weighted by molar-refractivity contribution is 5.35. The van der Waals surface area contributed by atoms with Gasteiger partial charge in [0, 0.05) is 13.0 Å². The summed E-state index contributed by atoms with van der Waals surface area (Å²) in [5.74, 6) is 1.24. The van der Waals surface area contributed by atoms with Gasteiger partial charge in [0.15, 0.2) is 0 Å². The minimum atomic E-state index is 0.871. The van der Waals surface area contributed by atoms with Crippen molar-refractivity contribution in [1.82, 2.24) is 4.90 Å². The Labute approximate surface area is 92.6 Å². The van der Waals surface area contributed by atoms with Crippen molar-refractivity contribution in [2.24, 2.45) is 0 Å². The minimum absolute atomic E-state index is 0.871. The molecule has 0 amide bonds. The number of hydrogen-bond donors (Lipinski definition) is 0. The van der Waals surface area contributed by atoms with Crippen molar-refractivity contribution in [3.05, 3.63) is 23.1 Å². The third-order valence-electron chi connectivity index (χ3n) is 3.21. The summed E-state index contributed by atoms with van der Waals surface area (Å²) in [6.07, 6.45) is 7.07. The molecule has 84 valence electrons. The zero-order valence-electron chi connectivity index (χ0n) is 9.88. The number of ether oxygens (including phenoxy) is 1.